The van der Waals surface area contributed by atoms with Gasteiger partial charge in [-0.2, -0.15) is 0 Å². The molecule has 1 fully saturated rings. The molecule has 158 valence electrons. The first-order valence-electron chi connectivity index (χ1n) is 9.97. The highest BCUT2D eigenvalue weighted by Crippen LogP contribution is 2.20. The van der Waals surface area contributed by atoms with Crippen LogP contribution in [-0.4, -0.2) is 63.2 Å². The summed E-state index contributed by atoms with van der Waals surface area (Å²) in [4.78, 5) is 27.7. The van der Waals surface area contributed by atoms with Gasteiger partial charge in [0.2, 0.25) is 0 Å². The fourth-order valence-corrected chi connectivity index (χ4v) is 3.13. The first kappa shape index (κ1) is 21.5. The molecule has 7 heteroatoms. The first-order valence-corrected chi connectivity index (χ1v) is 9.97. The van der Waals surface area contributed by atoms with Crippen molar-refractivity contribution in [3.05, 3.63) is 71.4 Å². The molecule has 2 amide bonds. The summed E-state index contributed by atoms with van der Waals surface area (Å²) in [6.07, 6.45) is 1.63. The Labute approximate surface area is 176 Å². The molecular formula is C23H27N3O4. The normalized spacial score (nSPS) is 14.8. The molecule has 0 saturated carbocycles. The number of benzene rings is 2. The van der Waals surface area contributed by atoms with Gasteiger partial charge in [0.1, 0.15) is 11.4 Å². The van der Waals surface area contributed by atoms with Crippen molar-refractivity contribution >= 4 is 17.9 Å². The summed E-state index contributed by atoms with van der Waals surface area (Å²) in [6, 6.07) is 16.1. The molecule has 1 heterocycles. The van der Waals surface area contributed by atoms with Crippen LogP contribution < -0.4 is 15.4 Å². The zero-order valence-electron chi connectivity index (χ0n) is 17.1. The quantitative estimate of drug-likeness (QED) is 0.651. The number of methoxy groups -OCH3 is 1. The molecule has 0 unspecified atom stereocenters. The summed E-state index contributed by atoms with van der Waals surface area (Å²) < 4.78 is 10.7. The van der Waals surface area contributed by atoms with E-state index in [1.165, 1.54) is 0 Å². The second kappa shape index (κ2) is 11.1. The number of nitrogens with zero attached hydrogens (tertiary/aromatic N) is 1. The Bertz CT molecular complexity index is 877. The third-order valence-electron chi connectivity index (χ3n) is 4.78. The minimum Gasteiger partial charge on any atom is -0.496 e. The standard InChI is InChI=1S/C23H27N3O4/c1-29-21-10-6-5-9-19(21)17-20(25-22(27)18-7-3-2-4-8-18)23(28)24-11-12-26-13-15-30-16-14-26/h2-10,17H,11-16H2,1H3,(H,24,28)(H,25,27). The number of amides is 2. The number of morpholine rings is 1. The number of hydrogen-bond donors (Lipinski definition) is 2. The van der Waals surface area contributed by atoms with Gasteiger partial charge < -0.3 is 20.1 Å². The van der Waals surface area contributed by atoms with Crippen LogP contribution in [0.25, 0.3) is 6.08 Å². The van der Waals surface area contributed by atoms with Crippen LogP contribution in [-0.2, 0) is 9.53 Å². The van der Waals surface area contributed by atoms with E-state index in [0.717, 1.165) is 19.6 Å². The predicted molar refractivity (Wildman–Crippen MR) is 115 cm³/mol. The second-order valence-electron chi connectivity index (χ2n) is 6.83. The van der Waals surface area contributed by atoms with Gasteiger partial charge in [-0.1, -0.05) is 36.4 Å². The fourth-order valence-electron chi connectivity index (χ4n) is 3.13. The summed E-state index contributed by atoms with van der Waals surface area (Å²) in [7, 11) is 1.57. The van der Waals surface area contributed by atoms with Crippen LogP contribution in [0.1, 0.15) is 15.9 Å². The van der Waals surface area contributed by atoms with E-state index in [-0.39, 0.29) is 17.5 Å². The predicted octanol–water partition coefficient (Wildman–Crippen LogP) is 1.91. The average Bonchev–Trinajstić information content (AvgIpc) is 2.80. The lowest BCUT2D eigenvalue weighted by Gasteiger charge is -2.26. The SMILES string of the molecule is COc1ccccc1C=C(NC(=O)c1ccccc1)C(=O)NCCN1CCOCC1. The Morgan fingerprint density at radius 1 is 1.07 bits per heavy atom. The van der Waals surface area contributed by atoms with E-state index in [2.05, 4.69) is 15.5 Å². The minimum absolute atomic E-state index is 0.162. The van der Waals surface area contributed by atoms with Crippen molar-refractivity contribution in [1.82, 2.24) is 15.5 Å². The van der Waals surface area contributed by atoms with Crippen molar-refractivity contribution in [1.29, 1.82) is 0 Å². The monoisotopic (exact) mass is 409 g/mol. The summed E-state index contributed by atoms with van der Waals surface area (Å²) in [5.74, 6) is -0.0800. The maximum atomic E-state index is 12.9. The van der Waals surface area contributed by atoms with Gasteiger partial charge in [0.15, 0.2) is 0 Å². The molecule has 2 aromatic rings. The maximum absolute atomic E-state index is 12.9. The van der Waals surface area contributed by atoms with Gasteiger partial charge in [0.25, 0.3) is 11.8 Å². The van der Waals surface area contributed by atoms with Gasteiger partial charge >= 0.3 is 0 Å². The van der Waals surface area contributed by atoms with Crippen LogP contribution >= 0.6 is 0 Å². The third kappa shape index (κ3) is 6.17. The number of para-hydroxylation sites is 1. The van der Waals surface area contributed by atoms with E-state index < -0.39 is 0 Å². The Balaban J connectivity index is 1.73. The Morgan fingerprint density at radius 3 is 2.50 bits per heavy atom. The van der Waals surface area contributed by atoms with Crippen LogP contribution in [0.15, 0.2) is 60.3 Å². The van der Waals surface area contributed by atoms with Gasteiger partial charge in [0.05, 0.1) is 20.3 Å². The summed E-state index contributed by atoms with van der Waals surface area (Å²) >= 11 is 0. The van der Waals surface area contributed by atoms with Gasteiger partial charge in [-0.3, -0.25) is 14.5 Å². The molecule has 7 nitrogen and oxygen atoms in total. The number of hydrogen-bond acceptors (Lipinski definition) is 5. The molecule has 2 aromatic carbocycles. The number of ether oxygens (including phenoxy) is 2. The van der Waals surface area contributed by atoms with Crippen molar-refractivity contribution in [3.63, 3.8) is 0 Å². The molecular weight excluding hydrogens is 382 g/mol. The van der Waals surface area contributed by atoms with Crippen LogP contribution in [0.3, 0.4) is 0 Å². The molecule has 1 saturated heterocycles. The number of carbonyl (C=O) groups excluding carboxylic acids is 2. The van der Waals surface area contributed by atoms with Crippen LogP contribution in [0.5, 0.6) is 5.75 Å². The minimum atomic E-state index is -0.349. The average molecular weight is 409 g/mol. The smallest absolute Gasteiger partial charge is 0.267 e. The fraction of sp³-hybridized carbons (Fsp3) is 0.304. The third-order valence-corrected chi connectivity index (χ3v) is 4.78. The zero-order valence-corrected chi connectivity index (χ0v) is 17.1. The van der Waals surface area contributed by atoms with E-state index in [1.807, 2.05) is 24.3 Å². The van der Waals surface area contributed by atoms with Crippen molar-refractivity contribution in [2.24, 2.45) is 0 Å². The highest BCUT2D eigenvalue weighted by atomic mass is 16.5. The molecule has 0 spiro atoms. The topological polar surface area (TPSA) is 79.9 Å². The molecule has 30 heavy (non-hydrogen) atoms. The highest BCUT2D eigenvalue weighted by Gasteiger charge is 2.16. The van der Waals surface area contributed by atoms with Gasteiger partial charge in [-0.15, -0.1) is 0 Å². The lowest BCUT2D eigenvalue weighted by atomic mass is 10.1. The summed E-state index contributed by atoms with van der Waals surface area (Å²) in [5.41, 5.74) is 1.34. The van der Waals surface area contributed by atoms with Crippen molar-refractivity contribution in [2.45, 2.75) is 0 Å². The highest BCUT2D eigenvalue weighted by molar-refractivity contribution is 6.05. The van der Waals surface area contributed by atoms with Gasteiger partial charge in [-0.25, -0.2) is 0 Å². The lowest BCUT2D eigenvalue weighted by molar-refractivity contribution is -0.117. The molecule has 0 aliphatic carbocycles. The largest absolute Gasteiger partial charge is 0.496 e. The van der Waals surface area contributed by atoms with Crippen LogP contribution in [0, 0.1) is 0 Å². The molecule has 1 aliphatic heterocycles. The summed E-state index contributed by atoms with van der Waals surface area (Å²) in [5, 5.41) is 5.64. The van der Waals surface area contributed by atoms with Gasteiger partial charge in [0, 0.05) is 37.3 Å². The Kier molecular flexibility index (Phi) is 8.00. The number of rotatable bonds is 8. The number of carbonyl (C=O) groups is 2. The van der Waals surface area contributed by atoms with Crippen LogP contribution in [0.2, 0.25) is 0 Å². The van der Waals surface area contributed by atoms with Gasteiger partial charge in [-0.05, 0) is 24.3 Å². The Morgan fingerprint density at radius 2 is 1.77 bits per heavy atom. The van der Waals surface area contributed by atoms with E-state index in [4.69, 9.17) is 9.47 Å². The van der Waals surface area contributed by atoms with E-state index in [9.17, 15) is 9.59 Å². The van der Waals surface area contributed by atoms with Crippen molar-refractivity contribution in [2.75, 3.05) is 46.5 Å². The Hall–Kier alpha value is -3.16. The lowest BCUT2D eigenvalue weighted by Crippen LogP contribution is -2.42. The molecule has 2 N–H and O–H groups in total. The van der Waals surface area contributed by atoms with E-state index in [1.54, 1.807) is 43.5 Å². The van der Waals surface area contributed by atoms with Crippen molar-refractivity contribution < 1.29 is 19.1 Å². The second-order valence-corrected chi connectivity index (χ2v) is 6.83. The molecule has 0 radical (unpaired) electrons. The maximum Gasteiger partial charge on any atom is 0.267 e. The molecule has 0 aromatic heterocycles. The molecule has 0 bridgehead atoms. The van der Waals surface area contributed by atoms with E-state index in [0.29, 0.717) is 36.6 Å². The first-order chi connectivity index (χ1) is 14.7. The van der Waals surface area contributed by atoms with E-state index >= 15 is 0 Å². The summed E-state index contributed by atoms with van der Waals surface area (Å²) in [6.45, 7) is 4.32. The number of nitrogens with one attached hydrogen (secondary N) is 2. The molecule has 1 aliphatic rings. The molecule has 0 atom stereocenters. The van der Waals surface area contributed by atoms with Crippen LogP contribution in [0.4, 0.5) is 0 Å². The van der Waals surface area contributed by atoms with Crippen molar-refractivity contribution in [3.8, 4) is 5.75 Å². The zero-order chi connectivity index (χ0) is 21.2. The molecule has 3 rings (SSSR count).